The van der Waals surface area contributed by atoms with Crippen molar-refractivity contribution >= 4 is 46.1 Å². The molecule has 3 rings (SSSR count). The summed E-state index contributed by atoms with van der Waals surface area (Å²) in [6, 6.07) is 5.27. The first-order valence-electron chi connectivity index (χ1n) is 8.54. The minimum Gasteiger partial charge on any atom is -0.352 e. The number of nitrogens with zero attached hydrogens (tertiary/aromatic N) is 3. The van der Waals surface area contributed by atoms with Crippen molar-refractivity contribution in [1.82, 2.24) is 25.2 Å². The fraction of sp³-hybridized carbons (Fsp3) is 0.294. The summed E-state index contributed by atoms with van der Waals surface area (Å²) in [6.45, 7) is 0.870. The van der Waals surface area contributed by atoms with Crippen molar-refractivity contribution in [1.29, 1.82) is 0 Å². The molecule has 0 bridgehead atoms. The van der Waals surface area contributed by atoms with Gasteiger partial charge in [0, 0.05) is 19.5 Å². The summed E-state index contributed by atoms with van der Waals surface area (Å²) in [5.74, 6) is -0.120. The Morgan fingerprint density at radius 3 is 2.82 bits per heavy atom. The highest BCUT2D eigenvalue weighted by Gasteiger charge is 2.11. The van der Waals surface area contributed by atoms with Gasteiger partial charge in [0.25, 0.3) is 5.56 Å². The fourth-order valence-electron chi connectivity index (χ4n) is 2.70. The van der Waals surface area contributed by atoms with E-state index in [1.807, 2.05) is 6.07 Å². The monoisotopic (exact) mass is 424 g/mol. The van der Waals surface area contributed by atoms with Crippen LogP contribution in [0.5, 0.6) is 0 Å². The van der Waals surface area contributed by atoms with Crippen LogP contribution in [0.3, 0.4) is 0 Å². The average Bonchev–Trinajstić information content (AvgIpc) is 3.09. The van der Waals surface area contributed by atoms with E-state index in [4.69, 9.17) is 28.4 Å². The van der Waals surface area contributed by atoms with Gasteiger partial charge in [0.2, 0.25) is 11.9 Å². The third-order valence-electron chi connectivity index (χ3n) is 4.09. The number of unbranched alkanes of at least 4 members (excludes halogenated alkanes) is 1. The number of aromatic amines is 1. The number of carbonyl (C=O) groups excluding carboxylic acids is 1. The Bertz CT molecular complexity index is 1050. The molecule has 0 atom stereocenters. The van der Waals surface area contributed by atoms with Crippen LogP contribution in [0.4, 0.5) is 5.95 Å². The molecule has 0 saturated carbocycles. The SMILES string of the molecule is O=C(CCCCn1ncc2nc(NCc3ccc(Cl)c(Cl)c3)[nH]c(=O)c21)NO. The minimum absolute atomic E-state index is 0.201. The van der Waals surface area contributed by atoms with Gasteiger partial charge in [0.15, 0.2) is 5.52 Å². The van der Waals surface area contributed by atoms with Crippen molar-refractivity contribution in [3.05, 3.63) is 50.4 Å². The van der Waals surface area contributed by atoms with Crippen molar-refractivity contribution in [3.63, 3.8) is 0 Å². The van der Waals surface area contributed by atoms with Gasteiger partial charge in [-0.25, -0.2) is 10.5 Å². The van der Waals surface area contributed by atoms with Gasteiger partial charge in [-0.05, 0) is 30.5 Å². The Morgan fingerprint density at radius 2 is 2.07 bits per heavy atom. The average molecular weight is 425 g/mol. The second-order valence-corrected chi connectivity index (χ2v) is 6.92. The summed E-state index contributed by atoms with van der Waals surface area (Å²) < 4.78 is 1.56. The first kappa shape index (κ1) is 20.1. The molecule has 0 spiro atoms. The summed E-state index contributed by atoms with van der Waals surface area (Å²) in [5, 5.41) is 16.6. The lowest BCUT2D eigenvalue weighted by molar-refractivity contribution is -0.129. The number of rotatable bonds is 8. The molecule has 0 radical (unpaired) electrons. The van der Waals surface area contributed by atoms with Crippen LogP contribution in [0, 0.1) is 0 Å². The van der Waals surface area contributed by atoms with Crippen LogP contribution in [0.15, 0.2) is 29.2 Å². The highest BCUT2D eigenvalue weighted by Crippen LogP contribution is 2.22. The van der Waals surface area contributed by atoms with E-state index in [0.717, 1.165) is 5.56 Å². The normalized spacial score (nSPS) is 11.0. The molecule has 11 heteroatoms. The molecule has 0 saturated heterocycles. The number of amides is 1. The number of aryl methyl sites for hydroxylation is 1. The standard InChI is InChI=1S/C17H18Cl2N6O3/c18-11-5-4-10(7-12(11)19)8-20-17-22-13-9-21-25(15(13)16(27)23-17)6-2-1-3-14(26)24-28/h4-5,7,9,28H,1-3,6,8H2,(H,24,26)(H2,20,22,23,27). The zero-order chi connectivity index (χ0) is 20.1. The maximum atomic E-state index is 12.4. The van der Waals surface area contributed by atoms with E-state index in [2.05, 4.69) is 20.4 Å². The molecule has 1 amide bonds. The number of benzene rings is 1. The van der Waals surface area contributed by atoms with E-state index in [0.29, 0.717) is 53.0 Å². The van der Waals surface area contributed by atoms with Gasteiger partial charge in [-0.1, -0.05) is 29.3 Å². The molecule has 2 heterocycles. The highest BCUT2D eigenvalue weighted by atomic mass is 35.5. The fourth-order valence-corrected chi connectivity index (χ4v) is 3.02. The molecule has 0 unspecified atom stereocenters. The third-order valence-corrected chi connectivity index (χ3v) is 4.83. The van der Waals surface area contributed by atoms with Gasteiger partial charge in [-0.15, -0.1) is 0 Å². The summed E-state index contributed by atoms with van der Waals surface area (Å²) in [5.41, 5.74) is 3.00. The molecule has 9 nitrogen and oxygen atoms in total. The second-order valence-electron chi connectivity index (χ2n) is 6.11. The van der Waals surface area contributed by atoms with Gasteiger partial charge in [-0.3, -0.25) is 24.5 Å². The summed E-state index contributed by atoms with van der Waals surface area (Å²) >= 11 is 11.9. The Hall–Kier alpha value is -2.62. The maximum absolute atomic E-state index is 12.4. The van der Waals surface area contributed by atoms with Crippen LogP contribution in [-0.4, -0.2) is 30.9 Å². The van der Waals surface area contributed by atoms with Crippen molar-refractivity contribution in [2.75, 3.05) is 5.32 Å². The zero-order valence-electron chi connectivity index (χ0n) is 14.7. The Balaban J connectivity index is 1.67. The zero-order valence-corrected chi connectivity index (χ0v) is 16.2. The topological polar surface area (TPSA) is 125 Å². The van der Waals surface area contributed by atoms with Crippen LogP contribution >= 0.6 is 23.2 Å². The number of H-pyrrole nitrogens is 1. The molecule has 28 heavy (non-hydrogen) atoms. The van der Waals surface area contributed by atoms with Gasteiger partial charge >= 0.3 is 0 Å². The summed E-state index contributed by atoms with van der Waals surface area (Å²) in [7, 11) is 0. The third kappa shape index (κ3) is 4.80. The molecule has 1 aromatic carbocycles. The molecular weight excluding hydrogens is 407 g/mol. The van der Waals surface area contributed by atoms with Gasteiger partial charge in [0.05, 0.1) is 16.2 Å². The number of halogens is 2. The van der Waals surface area contributed by atoms with Gasteiger partial charge in [0.1, 0.15) is 5.52 Å². The summed E-state index contributed by atoms with van der Waals surface area (Å²) in [6.07, 6.45) is 2.91. The molecule has 4 N–H and O–H groups in total. The van der Waals surface area contributed by atoms with Crippen molar-refractivity contribution in [2.24, 2.45) is 0 Å². The molecular formula is C17H18Cl2N6O3. The number of carbonyl (C=O) groups is 1. The van der Waals surface area contributed by atoms with E-state index in [1.54, 1.807) is 22.3 Å². The lowest BCUT2D eigenvalue weighted by Crippen LogP contribution is -2.18. The van der Waals surface area contributed by atoms with E-state index < -0.39 is 5.91 Å². The molecule has 0 aliphatic rings. The number of hydrogen-bond donors (Lipinski definition) is 4. The van der Waals surface area contributed by atoms with Crippen molar-refractivity contribution < 1.29 is 10.0 Å². The molecule has 0 fully saturated rings. The lowest BCUT2D eigenvalue weighted by atomic mass is 10.2. The number of hydroxylamine groups is 1. The highest BCUT2D eigenvalue weighted by molar-refractivity contribution is 6.42. The van der Waals surface area contributed by atoms with Crippen LogP contribution in [0.2, 0.25) is 10.0 Å². The Morgan fingerprint density at radius 1 is 1.25 bits per heavy atom. The van der Waals surface area contributed by atoms with Gasteiger partial charge in [-0.2, -0.15) is 5.10 Å². The van der Waals surface area contributed by atoms with Crippen molar-refractivity contribution in [3.8, 4) is 0 Å². The van der Waals surface area contributed by atoms with Crippen LogP contribution in [-0.2, 0) is 17.9 Å². The largest absolute Gasteiger partial charge is 0.352 e. The molecule has 0 aliphatic heterocycles. The Labute approximate surface area is 169 Å². The van der Waals surface area contributed by atoms with Crippen LogP contribution in [0.1, 0.15) is 24.8 Å². The molecule has 148 valence electrons. The first-order chi connectivity index (χ1) is 13.5. The molecule has 0 aliphatic carbocycles. The number of aromatic nitrogens is 4. The van der Waals surface area contributed by atoms with E-state index >= 15 is 0 Å². The van der Waals surface area contributed by atoms with E-state index in [-0.39, 0.29) is 12.0 Å². The number of nitrogens with one attached hydrogen (secondary N) is 3. The predicted molar refractivity (Wildman–Crippen MR) is 106 cm³/mol. The van der Waals surface area contributed by atoms with Crippen molar-refractivity contribution in [2.45, 2.75) is 32.4 Å². The predicted octanol–water partition coefficient (Wildman–Crippen LogP) is 2.71. The molecule has 2 aromatic heterocycles. The number of anilines is 1. The number of fused-ring (bicyclic) bond motifs is 1. The van der Waals surface area contributed by atoms with E-state index in [9.17, 15) is 9.59 Å². The lowest BCUT2D eigenvalue weighted by Gasteiger charge is -2.07. The second kappa shape index (κ2) is 9.05. The van der Waals surface area contributed by atoms with Gasteiger partial charge < -0.3 is 5.32 Å². The Kier molecular flexibility index (Phi) is 6.50. The quantitative estimate of drug-likeness (QED) is 0.250. The smallest absolute Gasteiger partial charge is 0.278 e. The van der Waals surface area contributed by atoms with Crippen LogP contribution in [0.25, 0.3) is 11.0 Å². The van der Waals surface area contributed by atoms with Crippen LogP contribution < -0.4 is 16.4 Å². The summed E-state index contributed by atoms with van der Waals surface area (Å²) in [4.78, 5) is 30.5. The van der Waals surface area contributed by atoms with E-state index in [1.165, 1.54) is 6.20 Å². The first-order valence-corrected chi connectivity index (χ1v) is 9.30. The number of hydrogen-bond acceptors (Lipinski definition) is 6. The maximum Gasteiger partial charge on any atom is 0.278 e. The minimum atomic E-state index is -0.442. The molecule has 3 aromatic rings.